The van der Waals surface area contributed by atoms with Gasteiger partial charge in [-0.25, -0.2) is 4.39 Å². The largest absolute Gasteiger partial charge is 0.467 e. The molecule has 0 aliphatic carbocycles. The molecule has 0 saturated heterocycles. The molecule has 1 aromatic heterocycles. The van der Waals surface area contributed by atoms with Crippen LogP contribution >= 0.6 is 0 Å². The fraction of sp³-hybridized carbons (Fsp3) is 0.353. The van der Waals surface area contributed by atoms with E-state index in [0.29, 0.717) is 13.1 Å². The van der Waals surface area contributed by atoms with Crippen molar-refractivity contribution >= 4 is 5.91 Å². The molecule has 1 heterocycles. The Morgan fingerprint density at radius 3 is 2.55 bits per heavy atom. The minimum atomic E-state index is -0.283. The Morgan fingerprint density at radius 2 is 1.95 bits per heavy atom. The van der Waals surface area contributed by atoms with Gasteiger partial charge >= 0.3 is 0 Å². The molecule has 0 aliphatic rings. The van der Waals surface area contributed by atoms with Crippen molar-refractivity contribution in [3.8, 4) is 0 Å². The first-order valence-electron chi connectivity index (χ1n) is 7.32. The maximum absolute atomic E-state index is 13.0. The van der Waals surface area contributed by atoms with Crippen LogP contribution in [0.15, 0.2) is 47.1 Å². The molecule has 4 nitrogen and oxygen atoms in total. The fourth-order valence-electron chi connectivity index (χ4n) is 2.04. The minimum absolute atomic E-state index is 0.0191. The van der Waals surface area contributed by atoms with Crippen molar-refractivity contribution in [2.24, 2.45) is 0 Å². The molecule has 0 radical (unpaired) electrons. The average molecular weight is 304 g/mol. The first-order valence-corrected chi connectivity index (χ1v) is 7.32. The van der Waals surface area contributed by atoms with Crippen LogP contribution in [0.1, 0.15) is 25.2 Å². The summed E-state index contributed by atoms with van der Waals surface area (Å²) in [4.78, 5) is 14.1. The number of halogens is 1. The second-order valence-corrected chi connectivity index (χ2v) is 5.49. The van der Waals surface area contributed by atoms with Crippen molar-refractivity contribution in [3.63, 3.8) is 0 Å². The lowest BCUT2D eigenvalue weighted by atomic mass is 10.2. The van der Waals surface area contributed by atoms with Crippen LogP contribution in [0, 0.1) is 5.82 Å². The van der Waals surface area contributed by atoms with Gasteiger partial charge in [-0.3, -0.25) is 4.79 Å². The van der Waals surface area contributed by atoms with Crippen LogP contribution in [0.2, 0.25) is 0 Å². The van der Waals surface area contributed by atoms with Gasteiger partial charge in [0.15, 0.2) is 0 Å². The number of carbonyl (C=O) groups is 1. The fourth-order valence-corrected chi connectivity index (χ4v) is 2.04. The van der Waals surface area contributed by atoms with Crippen LogP contribution in [0.5, 0.6) is 0 Å². The summed E-state index contributed by atoms with van der Waals surface area (Å²) in [5.74, 6) is 0.420. The van der Waals surface area contributed by atoms with Gasteiger partial charge in [-0.15, -0.1) is 0 Å². The smallest absolute Gasteiger partial charge is 0.237 e. The predicted molar refractivity (Wildman–Crippen MR) is 82.5 cm³/mol. The molecule has 0 aliphatic heterocycles. The highest BCUT2D eigenvalue weighted by molar-refractivity contribution is 5.78. The molecule has 0 atom stereocenters. The van der Waals surface area contributed by atoms with E-state index in [1.165, 1.54) is 12.1 Å². The molecular formula is C17H21FN2O2. The van der Waals surface area contributed by atoms with E-state index >= 15 is 0 Å². The molecule has 1 N–H and O–H groups in total. The number of nitrogens with one attached hydrogen (secondary N) is 1. The molecule has 1 amide bonds. The predicted octanol–water partition coefficient (Wildman–Crippen LogP) is 2.95. The Balaban J connectivity index is 2.06. The molecule has 22 heavy (non-hydrogen) atoms. The van der Waals surface area contributed by atoms with Crippen LogP contribution < -0.4 is 5.32 Å². The second-order valence-electron chi connectivity index (χ2n) is 5.49. The third kappa shape index (κ3) is 5.00. The van der Waals surface area contributed by atoms with Crippen molar-refractivity contribution < 1.29 is 13.6 Å². The average Bonchev–Trinajstić information content (AvgIpc) is 2.99. The highest BCUT2D eigenvalue weighted by Crippen LogP contribution is 2.11. The number of benzene rings is 1. The molecule has 118 valence electrons. The van der Waals surface area contributed by atoms with Crippen LogP contribution in [-0.4, -0.2) is 23.4 Å². The van der Waals surface area contributed by atoms with Gasteiger partial charge in [-0.2, -0.15) is 0 Å². The number of furan rings is 1. The Kier molecular flexibility index (Phi) is 5.72. The highest BCUT2D eigenvalue weighted by atomic mass is 19.1. The van der Waals surface area contributed by atoms with E-state index in [0.717, 1.165) is 11.3 Å². The third-order valence-corrected chi connectivity index (χ3v) is 3.23. The Hall–Kier alpha value is -2.14. The molecule has 0 unspecified atom stereocenters. The lowest BCUT2D eigenvalue weighted by molar-refractivity contribution is -0.131. The van der Waals surface area contributed by atoms with E-state index in [4.69, 9.17) is 4.42 Å². The monoisotopic (exact) mass is 304 g/mol. The number of nitrogens with zero attached hydrogens (tertiary/aromatic N) is 1. The number of hydrogen-bond acceptors (Lipinski definition) is 3. The van der Waals surface area contributed by atoms with Crippen molar-refractivity contribution in [2.45, 2.75) is 33.0 Å². The van der Waals surface area contributed by atoms with Crippen molar-refractivity contribution in [1.29, 1.82) is 0 Å². The van der Waals surface area contributed by atoms with E-state index in [2.05, 4.69) is 5.32 Å². The molecular weight excluding hydrogens is 283 g/mol. The van der Waals surface area contributed by atoms with E-state index in [-0.39, 0.29) is 24.3 Å². The lowest BCUT2D eigenvalue weighted by Gasteiger charge is -2.23. The molecule has 1 aromatic carbocycles. The van der Waals surface area contributed by atoms with Gasteiger partial charge in [0.25, 0.3) is 0 Å². The van der Waals surface area contributed by atoms with Gasteiger partial charge in [0.1, 0.15) is 11.6 Å². The highest BCUT2D eigenvalue weighted by Gasteiger charge is 2.16. The van der Waals surface area contributed by atoms with Crippen LogP contribution in [0.3, 0.4) is 0 Å². The van der Waals surface area contributed by atoms with Gasteiger partial charge in [-0.05, 0) is 29.8 Å². The minimum Gasteiger partial charge on any atom is -0.467 e. The molecule has 2 rings (SSSR count). The summed E-state index contributed by atoms with van der Waals surface area (Å²) in [7, 11) is 0. The van der Waals surface area contributed by atoms with Crippen molar-refractivity contribution in [3.05, 3.63) is 59.8 Å². The normalized spacial score (nSPS) is 10.9. The molecule has 0 fully saturated rings. The van der Waals surface area contributed by atoms with Crippen LogP contribution in [0.25, 0.3) is 0 Å². The maximum atomic E-state index is 13.0. The van der Waals surface area contributed by atoms with Gasteiger partial charge in [0.05, 0.1) is 19.4 Å². The molecule has 0 saturated carbocycles. The third-order valence-electron chi connectivity index (χ3n) is 3.23. The van der Waals surface area contributed by atoms with E-state index in [1.807, 2.05) is 19.9 Å². The first kappa shape index (κ1) is 16.2. The zero-order valence-corrected chi connectivity index (χ0v) is 12.9. The van der Waals surface area contributed by atoms with Crippen molar-refractivity contribution in [2.75, 3.05) is 6.54 Å². The number of rotatable bonds is 7. The van der Waals surface area contributed by atoms with Gasteiger partial charge in [-0.1, -0.05) is 26.0 Å². The van der Waals surface area contributed by atoms with Gasteiger partial charge in [0.2, 0.25) is 5.91 Å². The molecule has 2 aromatic rings. The summed E-state index contributed by atoms with van der Waals surface area (Å²) in [6, 6.07) is 10.0. The zero-order valence-electron chi connectivity index (χ0n) is 12.9. The summed E-state index contributed by atoms with van der Waals surface area (Å²) in [6.07, 6.45) is 1.59. The van der Waals surface area contributed by atoms with E-state index < -0.39 is 0 Å². The first-order chi connectivity index (χ1) is 10.5. The maximum Gasteiger partial charge on any atom is 0.237 e. The van der Waals surface area contributed by atoms with E-state index in [1.54, 1.807) is 29.4 Å². The lowest BCUT2D eigenvalue weighted by Crippen LogP contribution is -2.39. The number of hydrogen-bond donors (Lipinski definition) is 1. The molecule has 0 spiro atoms. The summed E-state index contributed by atoms with van der Waals surface area (Å²) in [6.45, 7) is 5.05. The quantitative estimate of drug-likeness (QED) is 0.855. The topological polar surface area (TPSA) is 45.5 Å². The summed E-state index contributed by atoms with van der Waals surface area (Å²) < 4.78 is 18.3. The molecule has 5 heteroatoms. The van der Waals surface area contributed by atoms with Gasteiger partial charge in [0, 0.05) is 12.6 Å². The van der Waals surface area contributed by atoms with Crippen LogP contribution in [0.4, 0.5) is 4.39 Å². The number of carbonyl (C=O) groups excluding carboxylic acids is 1. The van der Waals surface area contributed by atoms with E-state index in [9.17, 15) is 9.18 Å². The second kappa shape index (κ2) is 7.75. The Labute approximate surface area is 129 Å². The van der Waals surface area contributed by atoms with Gasteiger partial charge < -0.3 is 14.6 Å². The summed E-state index contributed by atoms with van der Waals surface area (Å²) in [5.41, 5.74) is 0.880. The summed E-state index contributed by atoms with van der Waals surface area (Å²) in [5, 5.41) is 3.12. The SMILES string of the molecule is CC(C)NCC(=O)N(Cc1ccc(F)cc1)Cc1ccco1. The number of amides is 1. The Morgan fingerprint density at radius 1 is 1.23 bits per heavy atom. The Bertz CT molecular complexity index is 579. The van der Waals surface area contributed by atoms with Crippen molar-refractivity contribution in [1.82, 2.24) is 10.2 Å². The van der Waals surface area contributed by atoms with Crippen LogP contribution in [-0.2, 0) is 17.9 Å². The zero-order chi connectivity index (χ0) is 15.9. The molecule has 0 bridgehead atoms. The standard InChI is InChI=1S/C17H21FN2O2/c1-13(2)19-10-17(21)20(12-16-4-3-9-22-16)11-14-5-7-15(18)8-6-14/h3-9,13,19H,10-12H2,1-2H3. The summed E-state index contributed by atoms with van der Waals surface area (Å²) >= 11 is 0.